The van der Waals surface area contributed by atoms with E-state index >= 15 is 0 Å². The third-order valence-corrected chi connectivity index (χ3v) is 3.49. The second kappa shape index (κ2) is 5.67. The second-order valence-electron chi connectivity index (χ2n) is 4.84. The molecule has 0 spiro atoms. The van der Waals surface area contributed by atoms with Gasteiger partial charge in [0.2, 0.25) is 0 Å². The lowest BCUT2D eigenvalue weighted by Gasteiger charge is -2.32. The highest BCUT2D eigenvalue weighted by Crippen LogP contribution is 2.40. The number of likely N-dealkylation sites (N-methyl/N-ethyl adjacent to an activating group) is 1. The summed E-state index contributed by atoms with van der Waals surface area (Å²) >= 11 is 0. The van der Waals surface area contributed by atoms with Crippen LogP contribution in [-0.4, -0.2) is 30.4 Å². The molecule has 2 N–H and O–H groups in total. The highest BCUT2D eigenvalue weighted by Gasteiger charge is 2.45. The number of benzene rings is 1. The lowest BCUT2D eigenvalue weighted by molar-refractivity contribution is 0.0845. The van der Waals surface area contributed by atoms with Crippen LogP contribution in [0.5, 0.6) is 5.75 Å². The van der Waals surface area contributed by atoms with Crippen LogP contribution in [0.1, 0.15) is 19.8 Å². The van der Waals surface area contributed by atoms with Crippen LogP contribution < -0.4 is 10.1 Å². The van der Waals surface area contributed by atoms with Gasteiger partial charge in [0, 0.05) is 0 Å². The van der Waals surface area contributed by atoms with E-state index in [2.05, 4.69) is 5.32 Å². The van der Waals surface area contributed by atoms with Gasteiger partial charge in [-0.15, -0.1) is 0 Å². The van der Waals surface area contributed by atoms with Crippen molar-refractivity contribution in [1.29, 1.82) is 0 Å². The van der Waals surface area contributed by atoms with Crippen LogP contribution in [0, 0.1) is 11.7 Å². The largest absolute Gasteiger partial charge is 0.488 e. The monoisotopic (exact) mass is 253 g/mol. The minimum atomic E-state index is -0.434. The average molecular weight is 253 g/mol. The predicted octanol–water partition coefficient (Wildman–Crippen LogP) is 1.96. The van der Waals surface area contributed by atoms with E-state index in [1.807, 2.05) is 6.92 Å². The third kappa shape index (κ3) is 2.82. The van der Waals surface area contributed by atoms with Crippen LogP contribution >= 0.6 is 0 Å². The second-order valence-corrected chi connectivity index (χ2v) is 4.84. The minimum Gasteiger partial charge on any atom is -0.488 e. The number of para-hydroxylation sites is 1. The molecule has 0 aliphatic heterocycles. The maximum atomic E-state index is 13.5. The van der Waals surface area contributed by atoms with Gasteiger partial charge in [0.25, 0.3) is 0 Å². The molecule has 1 saturated carbocycles. The van der Waals surface area contributed by atoms with Crippen molar-refractivity contribution in [2.75, 3.05) is 19.8 Å². The number of hydrogen-bond donors (Lipinski definition) is 2. The maximum absolute atomic E-state index is 13.5. The molecule has 0 amide bonds. The Kier molecular flexibility index (Phi) is 4.19. The summed E-state index contributed by atoms with van der Waals surface area (Å²) in [6.45, 7) is 3.07. The lowest BCUT2D eigenvalue weighted by Crippen LogP contribution is -2.55. The molecule has 4 heteroatoms. The Morgan fingerprint density at radius 3 is 2.72 bits per heavy atom. The van der Waals surface area contributed by atoms with Crippen LogP contribution in [0.2, 0.25) is 0 Å². The Morgan fingerprint density at radius 2 is 2.17 bits per heavy atom. The van der Waals surface area contributed by atoms with Crippen molar-refractivity contribution in [3.8, 4) is 5.75 Å². The molecule has 2 rings (SSSR count). The van der Waals surface area contributed by atoms with Gasteiger partial charge >= 0.3 is 0 Å². The van der Waals surface area contributed by atoms with Crippen molar-refractivity contribution < 1.29 is 14.2 Å². The Morgan fingerprint density at radius 1 is 1.44 bits per heavy atom. The summed E-state index contributed by atoms with van der Waals surface area (Å²) in [5, 5.41) is 12.9. The van der Waals surface area contributed by atoms with Gasteiger partial charge < -0.3 is 15.2 Å². The zero-order valence-corrected chi connectivity index (χ0v) is 10.7. The van der Waals surface area contributed by atoms with E-state index in [9.17, 15) is 9.50 Å². The van der Waals surface area contributed by atoms with Gasteiger partial charge in [-0.1, -0.05) is 19.1 Å². The summed E-state index contributed by atoms with van der Waals surface area (Å²) in [6, 6.07) is 6.35. The van der Waals surface area contributed by atoms with Crippen molar-refractivity contribution in [3.63, 3.8) is 0 Å². The molecule has 1 aromatic rings. The highest BCUT2D eigenvalue weighted by atomic mass is 19.1. The fraction of sp³-hybridized carbons (Fsp3) is 0.571. The third-order valence-electron chi connectivity index (χ3n) is 3.49. The molecule has 1 unspecified atom stereocenters. The molecule has 0 bridgehead atoms. The smallest absolute Gasteiger partial charge is 0.165 e. The number of aliphatic hydroxyl groups excluding tert-OH is 1. The molecular formula is C14H20FNO2. The summed E-state index contributed by atoms with van der Waals surface area (Å²) in [4.78, 5) is 0. The van der Waals surface area contributed by atoms with E-state index in [0.717, 1.165) is 19.4 Å². The van der Waals surface area contributed by atoms with E-state index in [-0.39, 0.29) is 18.2 Å². The van der Waals surface area contributed by atoms with Crippen molar-refractivity contribution >= 4 is 0 Å². The van der Waals surface area contributed by atoms with Crippen LogP contribution in [-0.2, 0) is 0 Å². The molecule has 3 nitrogen and oxygen atoms in total. The van der Waals surface area contributed by atoms with Gasteiger partial charge in [-0.25, -0.2) is 4.39 Å². The summed E-state index contributed by atoms with van der Waals surface area (Å²) in [7, 11) is 0. The molecular weight excluding hydrogens is 233 g/mol. The summed E-state index contributed by atoms with van der Waals surface area (Å²) in [6.07, 6.45) is 2.18. The molecule has 1 aliphatic carbocycles. The molecule has 0 saturated heterocycles. The lowest BCUT2D eigenvalue weighted by atomic mass is 9.95. The SMILES string of the molecule is CCNC(CO)(COc1ccccc1F)C1CC1. The molecule has 100 valence electrons. The topological polar surface area (TPSA) is 41.5 Å². The first-order chi connectivity index (χ1) is 8.72. The molecule has 1 aliphatic rings. The predicted molar refractivity (Wildman–Crippen MR) is 68.1 cm³/mol. The standard InChI is InChI=1S/C14H20FNO2/c1-2-16-14(9-17,11-7-8-11)10-18-13-6-4-3-5-12(13)15/h3-6,11,16-17H,2,7-10H2,1H3. The number of halogens is 1. The first-order valence-electron chi connectivity index (χ1n) is 6.45. The normalized spacial score (nSPS) is 18.4. The van der Waals surface area contributed by atoms with Gasteiger partial charge in [-0.3, -0.25) is 0 Å². The van der Waals surface area contributed by atoms with E-state index in [0.29, 0.717) is 12.5 Å². The number of nitrogens with one attached hydrogen (secondary N) is 1. The van der Waals surface area contributed by atoms with Gasteiger partial charge in [-0.2, -0.15) is 0 Å². The van der Waals surface area contributed by atoms with Crippen molar-refractivity contribution in [2.45, 2.75) is 25.3 Å². The molecule has 1 fully saturated rings. The highest BCUT2D eigenvalue weighted by molar-refractivity contribution is 5.24. The van der Waals surface area contributed by atoms with Crippen molar-refractivity contribution in [2.24, 2.45) is 5.92 Å². The fourth-order valence-corrected chi connectivity index (χ4v) is 2.30. The van der Waals surface area contributed by atoms with Gasteiger partial charge in [0.05, 0.1) is 12.1 Å². The number of rotatable bonds is 7. The van der Waals surface area contributed by atoms with E-state index in [4.69, 9.17) is 4.74 Å². The van der Waals surface area contributed by atoms with Crippen LogP contribution in [0.4, 0.5) is 4.39 Å². The van der Waals surface area contributed by atoms with E-state index < -0.39 is 5.54 Å². The number of ether oxygens (including phenoxy) is 1. The van der Waals surface area contributed by atoms with Crippen molar-refractivity contribution in [1.82, 2.24) is 5.32 Å². The zero-order chi connectivity index (χ0) is 13.0. The Labute approximate surface area is 107 Å². The first kappa shape index (κ1) is 13.3. The summed E-state index contributed by atoms with van der Waals surface area (Å²) < 4.78 is 19.0. The molecule has 0 heterocycles. The van der Waals surface area contributed by atoms with E-state index in [1.165, 1.54) is 6.07 Å². The van der Waals surface area contributed by atoms with Gasteiger partial charge in [0.15, 0.2) is 11.6 Å². The molecule has 0 radical (unpaired) electrons. The van der Waals surface area contributed by atoms with Gasteiger partial charge in [-0.05, 0) is 37.4 Å². The maximum Gasteiger partial charge on any atom is 0.165 e. The zero-order valence-electron chi connectivity index (χ0n) is 10.7. The summed E-state index contributed by atoms with van der Waals surface area (Å²) in [5.41, 5.74) is -0.434. The van der Waals surface area contributed by atoms with E-state index in [1.54, 1.807) is 18.2 Å². The fourth-order valence-electron chi connectivity index (χ4n) is 2.30. The average Bonchev–Trinajstić information content (AvgIpc) is 3.21. The first-order valence-corrected chi connectivity index (χ1v) is 6.45. The van der Waals surface area contributed by atoms with Gasteiger partial charge in [0.1, 0.15) is 6.61 Å². The number of aliphatic hydroxyl groups is 1. The Hall–Kier alpha value is -1.13. The quantitative estimate of drug-likeness (QED) is 0.780. The summed E-state index contributed by atoms with van der Waals surface area (Å²) in [5.74, 6) is 0.305. The van der Waals surface area contributed by atoms with Crippen molar-refractivity contribution in [3.05, 3.63) is 30.1 Å². The number of hydrogen-bond acceptors (Lipinski definition) is 3. The molecule has 1 aromatic carbocycles. The minimum absolute atomic E-state index is 0.0138. The van der Waals surface area contributed by atoms with Crippen LogP contribution in [0.25, 0.3) is 0 Å². The van der Waals surface area contributed by atoms with Crippen LogP contribution in [0.3, 0.4) is 0 Å². The molecule has 18 heavy (non-hydrogen) atoms. The Bertz CT molecular complexity index is 395. The molecule has 1 atom stereocenters. The molecule has 0 aromatic heterocycles. The van der Waals surface area contributed by atoms with Crippen LogP contribution in [0.15, 0.2) is 24.3 Å². The Balaban J connectivity index is 2.03.